The highest BCUT2D eigenvalue weighted by Crippen LogP contribution is 2.30. The number of amides is 1. The zero-order chi connectivity index (χ0) is 13.1. The third-order valence-corrected chi connectivity index (χ3v) is 4.66. The molecule has 0 aromatic carbocycles. The molecular formula is C14H27N3O. The maximum absolute atomic E-state index is 12.5. The molecule has 4 nitrogen and oxygen atoms in total. The first kappa shape index (κ1) is 13.8. The minimum atomic E-state index is 0.220. The molecule has 3 unspecified atom stereocenters. The Hall–Kier alpha value is -0.610. The fourth-order valence-corrected chi connectivity index (χ4v) is 3.32. The largest absolute Gasteiger partial charge is 0.340 e. The summed E-state index contributed by atoms with van der Waals surface area (Å²) in [5, 5.41) is 0. The Labute approximate surface area is 110 Å². The minimum Gasteiger partial charge on any atom is -0.340 e. The van der Waals surface area contributed by atoms with E-state index in [0.717, 1.165) is 52.0 Å². The van der Waals surface area contributed by atoms with Gasteiger partial charge in [0.2, 0.25) is 5.91 Å². The lowest BCUT2D eigenvalue weighted by molar-refractivity contribution is -0.140. The van der Waals surface area contributed by atoms with Crippen LogP contribution in [0.2, 0.25) is 0 Å². The van der Waals surface area contributed by atoms with E-state index in [1.807, 2.05) is 0 Å². The second kappa shape index (κ2) is 6.02. The highest BCUT2D eigenvalue weighted by Gasteiger charge is 2.34. The van der Waals surface area contributed by atoms with Crippen molar-refractivity contribution >= 4 is 5.91 Å². The van der Waals surface area contributed by atoms with Gasteiger partial charge in [-0.1, -0.05) is 13.8 Å². The number of carbonyl (C=O) groups excluding carboxylic acids is 1. The predicted octanol–water partition coefficient (Wildman–Crippen LogP) is 0.914. The van der Waals surface area contributed by atoms with Crippen LogP contribution in [0.4, 0.5) is 0 Å². The SMILES string of the molecule is CCN1CCN(C(=O)C2CCC(N)CC2C)CC1. The quantitative estimate of drug-likeness (QED) is 0.796. The fourth-order valence-electron chi connectivity index (χ4n) is 3.32. The molecule has 2 N–H and O–H groups in total. The van der Waals surface area contributed by atoms with Crippen LogP contribution in [0.15, 0.2) is 0 Å². The molecule has 1 amide bonds. The van der Waals surface area contributed by atoms with Crippen LogP contribution in [0.1, 0.15) is 33.1 Å². The van der Waals surface area contributed by atoms with Gasteiger partial charge >= 0.3 is 0 Å². The van der Waals surface area contributed by atoms with E-state index in [0.29, 0.717) is 17.9 Å². The van der Waals surface area contributed by atoms with Gasteiger partial charge in [0.1, 0.15) is 0 Å². The molecule has 3 atom stereocenters. The zero-order valence-electron chi connectivity index (χ0n) is 11.8. The van der Waals surface area contributed by atoms with E-state index in [9.17, 15) is 4.79 Å². The summed E-state index contributed by atoms with van der Waals surface area (Å²) in [4.78, 5) is 17.0. The Balaban J connectivity index is 1.88. The first-order valence-electron chi connectivity index (χ1n) is 7.38. The third kappa shape index (κ3) is 3.04. The summed E-state index contributed by atoms with van der Waals surface area (Å²) in [5.41, 5.74) is 5.97. The molecule has 2 rings (SSSR count). The molecule has 1 saturated carbocycles. The van der Waals surface area contributed by atoms with Gasteiger partial charge in [-0.05, 0) is 31.7 Å². The van der Waals surface area contributed by atoms with Crippen molar-refractivity contribution in [2.24, 2.45) is 17.6 Å². The topological polar surface area (TPSA) is 49.6 Å². The first-order chi connectivity index (χ1) is 8.61. The number of piperazine rings is 1. The van der Waals surface area contributed by atoms with Crippen LogP contribution in [0, 0.1) is 11.8 Å². The summed E-state index contributed by atoms with van der Waals surface area (Å²) >= 11 is 0. The van der Waals surface area contributed by atoms with E-state index in [4.69, 9.17) is 5.73 Å². The van der Waals surface area contributed by atoms with Crippen molar-refractivity contribution < 1.29 is 4.79 Å². The smallest absolute Gasteiger partial charge is 0.226 e. The fraction of sp³-hybridized carbons (Fsp3) is 0.929. The number of nitrogens with zero attached hydrogens (tertiary/aromatic N) is 2. The van der Waals surface area contributed by atoms with Crippen molar-refractivity contribution in [3.05, 3.63) is 0 Å². The molecule has 0 radical (unpaired) electrons. The second-order valence-corrected chi connectivity index (χ2v) is 5.92. The van der Waals surface area contributed by atoms with Gasteiger partial charge in [0, 0.05) is 38.1 Å². The van der Waals surface area contributed by atoms with Crippen LogP contribution in [0.25, 0.3) is 0 Å². The minimum absolute atomic E-state index is 0.220. The van der Waals surface area contributed by atoms with Crippen LogP contribution >= 0.6 is 0 Å². The third-order valence-electron chi connectivity index (χ3n) is 4.66. The number of carbonyl (C=O) groups is 1. The maximum atomic E-state index is 12.5. The standard InChI is InChI=1S/C14H27N3O/c1-3-16-6-8-17(9-7-16)14(18)13-5-4-12(15)10-11(13)2/h11-13H,3-10,15H2,1-2H3. The Kier molecular flexibility index (Phi) is 4.62. The van der Waals surface area contributed by atoms with E-state index in [1.165, 1.54) is 0 Å². The lowest BCUT2D eigenvalue weighted by atomic mass is 9.77. The Morgan fingerprint density at radius 3 is 2.44 bits per heavy atom. The molecule has 4 heteroatoms. The Bertz CT molecular complexity index is 287. The van der Waals surface area contributed by atoms with Gasteiger partial charge in [0.15, 0.2) is 0 Å². The van der Waals surface area contributed by atoms with Gasteiger partial charge in [-0.25, -0.2) is 0 Å². The van der Waals surface area contributed by atoms with Crippen molar-refractivity contribution in [1.82, 2.24) is 9.80 Å². The van der Waals surface area contributed by atoms with Crippen LogP contribution in [0.5, 0.6) is 0 Å². The molecule has 0 aromatic heterocycles. The Morgan fingerprint density at radius 2 is 1.89 bits per heavy atom. The van der Waals surface area contributed by atoms with Gasteiger partial charge < -0.3 is 15.5 Å². The summed E-state index contributed by atoms with van der Waals surface area (Å²) < 4.78 is 0. The van der Waals surface area contributed by atoms with Crippen LogP contribution in [-0.2, 0) is 4.79 Å². The molecule has 1 aliphatic carbocycles. The van der Waals surface area contributed by atoms with Crippen LogP contribution < -0.4 is 5.73 Å². The van der Waals surface area contributed by atoms with Crippen LogP contribution in [-0.4, -0.2) is 54.5 Å². The molecular weight excluding hydrogens is 226 g/mol. The summed E-state index contributed by atoms with van der Waals surface area (Å²) in [7, 11) is 0. The molecule has 104 valence electrons. The van der Waals surface area contributed by atoms with E-state index < -0.39 is 0 Å². The average molecular weight is 253 g/mol. The summed E-state index contributed by atoms with van der Waals surface area (Å²) in [6, 6.07) is 0.306. The molecule has 0 aromatic rings. The highest BCUT2D eigenvalue weighted by molar-refractivity contribution is 5.79. The van der Waals surface area contributed by atoms with Gasteiger partial charge in [0.25, 0.3) is 0 Å². The number of hydrogen-bond acceptors (Lipinski definition) is 3. The maximum Gasteiger partial charge on any atom is 0.226 e. The molecule has 2 fully saturated rings. The van der Waals surface area contributed by atoms with E-state index in [1.54, 1.807) is 0 Å². The summed E-state index contributed by atoms with van der Waals surface area (Å²) in [6.45, 7) is 9.33. The van der Waals surface area contributed by atoms with Crippen molar-refractivity contribution in [3.63, 3.8) is 0 Å². The first-order valence-corrected chi connectivity index (χ1v) is 7.38. The van der Waals surface area contributed by atoms with Gasteiger partial charge in [-0.3, -0.25) is 4.79 Å². The highest BCUT2D eigenvalue weighted by atomic mass is 16.2. The van der Waals surface area contributed by atoms with Crippen molar-refractivity contribution in [3.8, 4) is 0 Å². The monoisotopic (exact) mass is 253 g/mol. The molecule has 1 aliphatic heterocycles. The number of nitrogens with two attached hydrogens (primary N) is 1. The van der Waals surface area contributed by atoms with E-state index >= 15 is 0 Å². The number of rotatable bonds is 2. The van der Waals surface area contributed by atoms with Crippen LogP contribution in [0.3, 0.4) is 0 Å². The predicted molar refractivity (Wildman–Crippen MR) is 73.2 cm³/mol. The summed E-state index contributed by atoms with van der Waals surface area (Å²) in [6.07, 6.45) is 3.00. The van der Waals surface area contributed by atoms with Crippen molar-refractivity contribution in [2.75, 3.05) is 32.7 Å². The van der Waals surface area contributed by atoms with Gasteiger partial charge in [0.05, 0.1) is 0 Å². The van der Waals surface area contributed by atoms with Gasteiger partial charge in [-0.15, -0.1) is 0 Å². The number of hydrogen-bond donors (Lipinski definition) is 1. The molecule has 1 saturated heterocycles. The average Bonchev–Trinajstić information content (AvgIpc) is 2.38. The molecule has 0 spiro atoms. The Morgan fingerprint density at radius 1 is 1.22 bits per heavy atom. The molecule has 0 bridgehead atoms. The lowest BCUT2D eigenvalue weighted by Crippen LogP contribution is -2.51. The second-order valence-electron chi connectivity index (χ2n) is 5.92. The van der Waals surface area contributed by atoms with Crippen molar-refractivity contribution in [1.29, 1.82) is 0 Å². The normalized spacial score (nSPS) is 34.6. The zero-order valence-corrected chi connectivity index (χ0v) is 11.8. The van der Waals surface area contributed by atoms with E-state index in [-0.39, 0.29) is 5.92 Å². The molecule has 2 aliphatic rings. The van der Waals surface area contributed by atoms with Crippen molar-refractivity contribution in [2.45, 2.75) is 39.2 Å². The summed E-state index contributed by atoms with van der Waals surface area (Å²) in [5.74, 6) is 1.05. The molecule has 1 heterocycles. The van der Waals surface area contributed by atoms with Gasteiger partial charge in [-0.2, -0.15) is 0 Å². The number of likely N-dealkylation sites (N-methyl/N-ethyl adjacent to an activating group) is 1. The van der Waals surface area contributed by atoms with E-state index in [2.05, 4.69) is 23.6 Å². The lowest BCUT2D eigenvalue weighted by Gasteiger charge is -2.39. The molecule has 18 heavy (non-hydrogen) atoms.